The molecule has 142 valence electrons. The molecule has 1 aromatic heterocycles. The SMILES string of the molecule is COc1cc([C@H](C)NC(=O)c2ccc3oc(C)cc3c2)cc(OC)c1OC. The Morgan fingerprint density at radius 1 is 1.00 bits per heavy atom. The van der Waals surface area contributed by atoms with Crippen LogP contribution in [-0.4, -0.2) is 27.2 Å². The van der Waals surface area contributed by atoms with Gasteiger partial charge in [-0.15, -0.1) is 0 Å². The van der Waals surface area contributed by atoms with Gasteiger partial charge in [0.15, 0.2) is 11.5 Å². The van der Waals surface area contributed by atoms with E-state index in [4.69, 9.17) is 18.6 Å². The number of carbonyl (C=O) groups is 1. The van der Waals surface area contributed by atoms with Crippen LogP contribution in [0.1, 0.15) is 34.6 Å². The van der Waals surface area contributed by atoms with Crippen molar-refractivity contribution in [2.24, 2.45) is 0 Å². The van der Waals surface area contributed by atoms with Crippen molar-refractivity contribution in [3.8, 4) is 17.2 Å². The molecule has 0 spiro atoms. The Balaban J connectivity index is 1.85. The summed E-state index contributed by atoms with van der Waals surface area (Å²) < 4.78 is 21.7. The third-order valence-corrected chi connectivity index (χ3v) is 4.44. The van der Waals surface area contributed by atoms with Gasteiger partial charge in [0.1, 0.15) is 11.3 Å². The van der Waals surface area contributed by atoms with E-state index in [1.807, 2.05) is 38.1 Å². The van der Waals surface area contributed by atoms with Crippen molar-refractivity contribution in [3.63, 3.8) is 0 Å². The molecule has 1 heterocycles. The predicted molar refractivity (Wildman–Crippen MR) is 103 cm³/mol. The van der Waals surface area contributed by atoms with Crippen LogP contribution in [0.15, 0.2) is 40.8 Å². The lowest BCUT2D eigenvalue weighted by molar-refractivity contribution is 0.0940. The minimum Gasteiger partial charge on any atom is -0.493 e. The summed E-state index contributed by atoms with van der Waals surface area (Å²) in [5.74, 6) is 2.25. The Labute approximate surface area is 158 Å². The molecule has 0 aliphatic rings. The summed E-state index contributed by atoms with van der Waals surface area (Å²) in [6.07, 6.45) is 0. The van der Waals surface area contributed by atoms with E-state index in [0.717, 1.165) is 22.3 Å². The first-order valence-corrected chi connectivity index (χ1v) is 8.57. The van der Waals surface area contributed by atoms with Crippen LogP contribution in [0.3, 0.4) is 0 Å². The van der Waals surface area contributed by atoms with E-state index in [1.54, 1.807) is 33.5 Å². The minimum atomic E-state index is -0.256. The van der Waals surface area contributed by atoms with Gasteiger partial charge in [-0.25, -0.2) is 0 Å². The van der Waals surface area contributed by atoms with E-state index in [2.05, 4.69) is 5.32 Å². The van der Waals surface area contributed by atoms with E-state index >= 15 is 0 Å². The number of rotatable bonds is 6. The second-order valence-corrected chi connectivity index (χ2v) is 6.26. The summed E-state index contributed by atoms with van der Waals surface area (Å²) in [6, 6.07) is 10.7. The Hall–Kier alpha value is -3.15. The fourth-order valence-electron chi connectivity index (χ4n) is 3.03. The van der Waals surface area contributed by atoms with E-state index in [0.29, 0.717) is 22.8 Å². The lowest BCUT2D eigenvalue weighted by Crippen LogP contribution is -2.26. The van der Waals surface area contributed by atoms with Gasteiger partial charge >= 0.3 is 0 Å². The number of methoxy groups -OCH3 is 3. The van der Waals surface area contributed by atoms with Crippen molar-refractivity contribution >= 4 is 16.9 Å². The number of nitrogens with one attached hydrogen (secondary N) is 1. The summed E-state index contributed by atoms with van der Waals surface area (Å²) >= 11 is 0. The van der Waals surface area contributed by atoms with Crippen LogP contribution in [-0.2, 0) is 0 Å². The summed E-state index contributed by atoms with van der Waals surface area (Å²) in [5.41, 5.74) is 2.18. The molecule has 3 aromatic rings. The van der Waals surface area contributed by atoms with Crippen LogP contribution in [0, 0.1) is 6.92 Å². The van der Waals surface area contributed by atoms with Crippen LogP contribution in [0.25, 0.3) is 11.0 Å². The summed E-state index contributed by atoms with van der Waals surface area (Å²) in [6.45, 7) is 3.78. The van der Waals surface area contributed by atoms with Gasteiger partial charge in [-0.3, -0.25) is 4.79 Å². The molecule has 0 bridgehead atoms. The molecule has 1 N–H and O–H groups in total. The summed E-state index contributed by atoms with van der Waals surface area (Å²) in [7, 11) is 4.68. The Kier molecular flexibility index (Phi) is 5.26. The second-order valence-electron chi connectivity index (χ2n) is 6.26. The third-order valence-electron chi connectivity index (χ3n) is 4.44. The van der Waals surface area contributed by atoms with Gasteiger partial charge in [-0.05, 0) is 55.8 Å². The third kappa shape index (κ3) is 3.69. The normalized spacial score (nSPS) is 11.9. The van der Waals surface area contributed by atoms with E-state index in [-0.39, 0.29) is 11.9 Å². The zero-order valence-corrected chi connectivity index (χ0v) is 16.1. The number of hydrogen-bond acceptors (Lipinski definition) is 5. The Morgan fingerprint density at radius 3 is 2.26 bits per heavy atom. The quantitative estimate of drug-likeness (QED) is 0.703. The molecule has 6 heteroatoms. The van der Waals surface area contributed by atoms with Crippen molar-refractivity contribution in [1.82, 2.24) is 5.32 Å². The molecule has 3 rings (SSSR count). The van der Waals surface area contributed by atoms with Crippen molar-refractivity contribution in [2.45, 2.75) is 19.9 Å². The smallest absolute Gasteiger partial charge is 0.251 e. The maximum absolute atomic E-state index is 12.7. The van der Waals surface area contributed by atoms with E-state index in [9.17, 15) is 4.79 Å². The lowest BCUT2D eigenvalue weighted by Gasteiger charge is -2.19. The molecule has 27 heavy (non-hydrogen) atoms. The maximum Gasteiger partial charge on any atom is 0.251 e. The molecule has 0 saturated heterocycles. The van der Waals surface area contributed by atoms with E-state index < -0.39 is 0 Å². The van der Waals surface area contributed by atoms with Gasteiger partial charge in [0.05, 0.1) is 27.4 Å². The summed E-state index contributed by atoms with van der Waals surface area (Å²) in [5, 5.41) is 3.91. The molecule has 1 atom stereocenters. The highest BCUT2D eigenvalue weighted by atomic mass is 16.5. The largest absolute Gasteiger partial charge is 0.493 e. The lowest BCUT2D eigenvalue weighted by atomic mass is 10.1. The molecule has 0 aliphatic heterocycles. The number of fused-ring (bicyclic) bond motifs is 1. The average Bonchev–Trinajstić information content (AvgIpc) is 3.05. The first-order valence-electron chi connectivity index (χ1n) is 8.57. The number of ether oxygens (including phenoxy) is 3. The van der Waals surface area contributed by atoms with Gasteiger partial charge in [-0.2, -0.15) is 0 Å². The minimum absolute atomic E-state index is 0.169. The summed E-state index contributed by atoms with van der Waals surface area (Å²) in [4.78, 5) is 12.7. The first kappa shape index (κ1) is 18.6. The number of amides is 1. The molecule has 6 nitrogen and oxygen atoms in total. The average molecular weight is 369 g/mol. The first-order chi connectivity index (χ1) is 13.0. The highest BCUT2D eigenvalue weighted by Crippen LogP contribution is 2.39. The zero-order chi connectivity index (χ0) is 19.6. The number of hydrogen-bond donors (Lipinski definition) is 1. The fraction of sp³-hybridized carbons (Fsp3) is 0.286. The molecule has 0 unspecified atom stereocenters. The standard InChI is InChI=1S/C21H23NO5/c1-12-8-16-9-14(6-7-17(16)27-12)21(23)22-13(2)15-10-18(24-3)20(26-5)19(11-15)25-4/h6-11,13H,1-5H3,(H,22,23)/t13-/m0/s1. The number of aryl methyl sites for hydroxylation is 1. The molecule has 2 aromatic carbocycles. The van der Waals surface area contributed by atoms with Gasteiger partial charge in [-0.1, -0.05) is 0 Å². The Morgan fingerprint density at radius 2 is 1.67 bits per heavy atom. The fourth-order valence-corrected chi connectivity index (χ4v) is 3.03. The molecule has 1 amide bonds. The highest BCUT2D eigenvalue weighted by molar-refractivity contribution is 5.98. The van der Waals surface area contributed by atoms with Crippen LogP contribution in [0.5, 0.6) is 17.2 Å². The van der Waals surface area contributed by atoms with Gasteiger partial charge in [0.25, 0.3) is 5.91 Å². The molecule has 0 radical (unpaired) electrons. The molecular formula is C21H23NO5. The van der Waals surface area contributed by atoms with Crippen molar-refractivity contribution in [3.05, 3.63) is 53.3 Å². The second kappa shape index (κ2) is 7.61. The number of furan rings is 1. The zero-order valence-electron chi connectivity index (χ0n) is 16.1. The van der Waals surface area contributed by atoms with Crippen molar-refractivity contribution in [1.29, 1.82) is 0 Å². The number of carbonyl (C=O) groups excluding carboxylic acids is 1. The Bertz CT molecular complexity index is 951. The number of benzene rings is 2. The van der Waals surface area contributed by atoms with E-state index in [1.165, 1.54) is 0 Å². The van der Waals surface area contributed by atoms with Crippen LogP contribution in [0.2, 0.25) is 0 Å². The monoisotopic (exact) mass is 369 g/mol. The highest BCUT2D eigenvalue weighted by Gasteiger charge is 2.18. The molecule has 0 saturated carbocycles. The van der Waals surface area contributed by atoms with Crippen molar-refractivity contribution in [2.75, 3.05) is 21.3 Å². The van der Waals surface area contributed by atoms with Crippen LogP contribution in [0.4, 0.5) is 0 Å². The van der Waals surface area contributed by atoms with Gasteiger partial charge < -0.3 is 23.9 Å². The maximum atomic E-state index is 12.7. The van der Waals surface area contributed by atoms with Gasteiger partial charge in [0.2, 0.25) is 5.75 Å². The molecular weight excluding hydrogens is 346 g/mol. The van der Waals surface area contributed by atoms with Crippen LogP contribution < -0.4 is 19.5 Å². The topological polar surface area (TPSA) is 69.9 Å². The molecule has 0 aliphatic carbocycles. The predicted octanol–water partition coefficient (Wildman–Crippen LogP) is 4.26. The molecule has 0 fully saturated rings. The van der Waals surface area contributed by atoms with Crippen LogP contribution >= 0.6 is 0 Å². The van der Waals surface area contributed by atoms with Crippen molar-refractivity contribution < 1.29 is 23.4 Å². The van der Waals surface area contributed by atoms with Gasteiger partial charge in [0, 0.05) is 10.9 Å².